The molecule has 6 rings (SSSR count). The fourth-order valence-electron chi connectivity index (χ4n) is 4.22. The summed E-state index contributed by atoms with van der Waals surface area (Å²) in [5.41, 5.74) is 10.4. The molecule has 0 radical (unpaired) electrons. The van der Waals surface area contributed by atoms with Crippen LogP contribution in [-0.4, -0.2) is 25.2 Å². The van der Waals surface area contributed by atoms with E-state index < -0.39 is 17.2 Å². The molecule has 3 aromatic heterocycles. The molecule has 3 heterocycles. The van der Waals surface area contributed by atoms with Crippen LogP contribution in [0.5, 0.6) is 0 Å². The maximum absolute atomic E-state index is 13.2. The van der Waals surface area contributed by atoms with Crippen LogP contribution in [0.4, 0.5) is 10.2 Å². The van der Waals surface area contributed by atoms with Gasteiger partial charge in [-0.1, -0.05) is 23.4 Å². The number of aliphatic hydroxyl groups is 1. The van der Waals surface area contributed by atoms with Gasteiger partial charge in [0.05, 0.1) is 16.7 Å². The minimum Gasteiger partial charge on any atom is -0.385 e. The molecule has 0 atom stereocenters. The molecule has 8 nitrogen and oxygen atoms in total. The van der Waals surface area contributed by atoms with E-state index in [1.54, 1.807) is 0 Å². The Labute approximate surface area is 176 Å². The molecule has 31 heavy (non-hydrogen) atoms. The number of nitrogens with two attached hydrogens (primary N) is 1. The highest BCUT2D eigenvalue weighted by molar-refractivity contribution is 5.91. The van der Waals surface area contributed by atoms with E-state index in [1.165, 1.54) is 49.1 Å². The molecule has 0 spiro atoms. The molecule has 1 aromatic carbocycles. The van der Waals surface area contributed by atoms with Crippen LogP contribution < -0.4 is 11.5 Å². The minimum atomic E-state index is -0.676. The number of nitrogen functional groups attached to an aromatic ring is 1. The van der Waals surface area contributed by atoms with Gasteiger partial charge in [0, 0.05) is 12.3 Å². The molecule has 0 aliphatic heterocycles. The Balaban J connectivity index is 0.000000134. The van der Waals surface area contributed by atoms with E-state index in [4.69, 9.17) is 5.73 Å². The number of H-pyrrole nitrogens is 2. The number of nitrogens with zero attached hydrogens (tertiary/aromatic N) is 2. The maximum atomic E-state index is 13.2. The highest BCUT2D eigenvalue weighted by atomic mass is 19.1. The van der Waals surface area contributed by atoms with Crippen LogP contribution >= 0.6 is 0 Å². The standard InChI is InChI=1S/C13H16O.C9H6FN5O2/c14-13(7-2-8-13)12-6-5-10-3-1-4-11(10)9-12;10-4-1-5-6(13-7(4)11)3(2-12-5)8-14-9(16)17-15-8/h5-6,9,14H,1-4,7-8H2;1-2,12H,(H2,11,13)(H,14,15,16). The summed E-state index contributed by atoms with van der Waals surface area (Å²) in [5, 5.41) is 13.7. The Morgan fingerprint density at radius 3 is 2.68 bits per heavy atom. The molecule has 0 amide bonds. The molecule has 160 valence electrons. The molecule has 1 fully saturated rings. The minimum absolute atomic E-state index is 0.208. The third-order valence-corrected chi connectivity index (χ3v) is 6.14. The first-order chi connectivity index (χ1) is 14.9. The van der Waals surface area contributed by atoms with Crippen molar-refractivity contribution >= 4 is 16.9 Å². The lowest BCUT2D eigenvalue weighted by Crippen LogP contribution is -2.33. The summed E-state index contributed by atoms with van der Waals surface area (Å²) >= 11 is 0. The second-order valence-corrected chi connectivity index (χ2v) is 8.12. The van der Waals surface area contributed by atoms with E-state index in [-0.39, 0.29) is 11.6 Å². The van der Waals surface area contributed by atoms with E-state index in [9.17, 15) is 14.3 Å². The number of anilines is 1. The van der Waals surface area contributed by atoms with Crippen LogP contribution in [0, 0.1) is 5.82 Å². The summed E-state index contributed by atoms with van der Waals surface area (Å²) in [7, 11) is 0. The average molecular weight is 423 g/mol. The predicted molar refractivity (Wildman–Crippen MR) is 113 cm³/mol. The zero-order valence-electron chi connectivity index (χ0n) is 16.7. The van der Waals surface area contributed by atoms with Crippen molar-refractivity contribution in [1.82, 2.24) is 20.1 Å². The van der Waals surface area contributed by atoms with Gasteiger partial charge in [-0.05, 0) is 55.2 Å². The summed E-state index contributed by atoms with van der Waals surface area (Å²) in [5.74, 6) is -1.30. The van der Waals surface area contributed by atoms with E-state index in [2.05, 4.69) is 42.8 Å². The number of hydrogen-bond acceptors (Lipinski definition) is 6. The van der Waals surface area contributed by atoms with Gasteiger partial charge in [-0.25, -0.2) is 14.2 Å². The lowest BCUT2D eigenvalue weighted by atomic mass is 9.74. The van der Waals surface area contributed by atoms with E-state index >= 15 is 0 Å². The number of halogens is 1. The van der Waals surface area contributed by atoms with Gasteiger partial charge in [0.2, 0.25) is 0 Å². The topological polar surface area (TPSA) is 134 Å². The third-order valence-electron chi connectivity index (χ3n) is 6.14. The average Bonchev–Trinajstić information content (AvgIpc) is 3.46. The lowest BCUT2D eigenvalue weighted by Gasteiger charge is -2.37. The molecule has 9 heteroatoms. The molecule has 5 N–H and O–H groups in total. The monoisotopic (exact) mass is 423 g/mol. The van der Waals surface area contributed by atoms with Crippen LogP contribution in [0.3, 0.4) is 0 Å². The first-order valence-electron chi connectivity index (χ1n) is 10.3. The number of fused-ring (bicyclic) bond motifs is 2. The van der Waals surface area contributed by atoms with Crippen LogP contribution in [0.2, 0.25) is 0 Å². The molecule has 2 aliphatic rings. The largest absolute Gasteiger partial charge is 0.439 e. The van der Waals surface area contributed by atoms with Crippen molar-refractivity contribution in [3.05, 3.63) is 63.5 Å². The first-order valence-corrected chi connectivity index (χ1v) is 10.3. The third kappa shape index (κ3) is 3.50. The fourth-order valence-corrected chi connectivity index (χ4v) is 4.22. The van der Waals surface area contributed by atoms with Gasteiger partial charge in [0.1, 0.15) is 5.52 Å². The van der Waals surface area contributed by atoms with Gasteiger partial charge >= 0.3 is 5.76 Å². The summed E-state index contributed by atoms with van der Waals surface area (Å²) in [4.78, 5) is 19.9. The number of aromatic nitrogens is 4. The van der Waals surface area contributed by atoms with Crippen molar-refractivity contribution in [3.63, 3.8) is 0 Å². The van der Waals surface area contributed by atoms with Crippen LogP contribution in [-0.2, 0) is 18.4 Å². The molecule has 1 saturated carbocycles. The molecule has 4 aromatic rings. The Bertz CT molecular complexity index is 1320. The smallest absolute Gasteiger partial charge is 0.385 e. The van der Waals surface area contributed by atoms with Crippen LogP contribution in [0.25, 0.3) is 22.4 Å². The molecule has 0 unspecified atom stereocenters. The van der Waals surface area contributed by atoms with Gasteiger partial charge < -0.3 is 15.8 Å². The Kier molecular flexibility index (Phi) is 4.62. The van der Waals surface area contributed by atoms with Gasteiger partial charge in [0.15, 0.2) is 17.5 Å². The van der Waals surface area contributed by atoms with E-state index in [1.807, 2.05) is 0 Å². The fraction of sp³-hybridized carbons (Fsp3) is 0.318. The SMILES string of the molecule is Nc1nc2c(-c3noc(=O)[nH]3)c[nH]c2cc1F.OC1(c2ccc3c(c2)CCC3)CCC1. The van der Waals surface area contributed by atoms with Crippen molar-refractivity contribution in [1.29, 1.82) is 0 Å². The molecule has 0 bridgehead atoms. The van der Waals surface area contributed by atoms with Gasteiger partial charge in [-0.2, -0.15) is 0 Å². The van der Waals surface area contributed by atoms with Crippen molar-refractivity contribution in [2.24, 2.45) is 0 Å². The quantitative estimate of drug-likeness (QED) is 0.391. The zero-order valence-corrected chi connectivity index (χ0v) is 16.7. The van der Waals surface area contributed by atoms with Crippen molar-refractivity contribution in [3.8, 4) is 11.4 Å². The number of benzene rings is 1. The first kappa shape index (κ1) is 19.5. The number of rotatable bonds is 2. The van der Waals surface area contributed by atoms with Crippen LogP contribution in [0.1, 0.15) is 42.4 Å². The lowest BCUT2D eigenvalue weighted by molar-refractivity contribution is -0.0388. The molecular formula is C22H22FN5O3. The Hall–Kier alpha value is -3.46. The van der Waals surface area contributed by atoms with Crippen molar-refractivity contribution in [2.45, 2.75) is 44.1 Å². The van der Waals surface area contributed by atoms with Gasteiger partial charge in [0.25, 0.3) is 0 Å². The van der Waals surface area contributed by atoms with E-state index in [0.717, 1.165) is 18.4 Å². The normalized spacial score (nSPS) is 16.5. The van der Waals surface area contributed by atoms with Gasteiger partial charge in [-0.3, -0.25) is 9.51 Å². The Morgan fingerprint density at radius 2 is 1.97 bits per heavy atom. The zero-order chi connectivity index (χ0) is 21.6. The number of aromatic amines is 2. The summed E-state index contributed by atoms with van der Waals surface area (Å²) in [6.07, 6.45) is 8.33. The van der Waals surface area contributed by atoms with Crippen molar-refractivity contribution in [2.75, 3.05) is 5.73 Å². The van der Waals surface area contributed by atoms with E-state index in [0.29, 0.717) is 16.6 Å². The Morgan fingerprint density at radius 1 is 1.16 bits per heavy atom. The van der Waals surface area contributed by atoms with Crippen molar-refractivity contribution < 1.29 is 14.0 Å². The number of hydrogen-bond donors (Lipinski definition) is 4. The molecule has 2 aliphatic carbocycles. The van der Waals surface area contributed by atoms with Crippen LogP contribution in [0.15, 0.2) is 39.8 Å². The molecule has 0 saturated heterocycles. The maximum Gasteiger partial charge on any atom is 0.439 e. The van der Waals surface area contributed by atoms with Gasteiger partial charge in [-0.15, -0.1) is 0 Å². The number of nitrogens with one attached hydrogen (secondary N) is 2. The highest BCUT2D eigenvalue weighted by Gasteiger charge is 2.36. The summed E-state index contributed by atoms with van der Waals surface area (Å²) in [6.45, 7) is 0. The summed E-state index contributed by atoms with van der Waals surface area (Å²) in [6, 6.07) is 7.80. The number of pyridine rings is 1. The second-order valence-electron chi connectivity index (χ2n) is 8.12. The summed E-state index contributed by atoms with van der Waals surface area (Å²) < 4.78 is 17.5. The highest BCUT2D eigenvalue weighted by Crippen LogP contribution is 2.42. The second kappa shape index (κ2) is 7.35. The predicted octanol–water partition coefficient (Wildman–Crippen LogP) is 3.17. The molecular weight excluding hydrogens is 401 g/mol. The number of aryl methyl sites for hydroxylation is 2.